The molecule has 19 aliphatic rings. The lowest BCUT2D eigenvalue weighted by Gasteiger charge is -2.60. The first-order valence-corrected chi connectivity index (χ1v) is 39.5. The zero-order chi connectivity index (χ0) is 66.6. The topological polar surface area (TPSA) is 163 Å². The minimum atomic E-state index is -0.204. The van der Waals surface area contributed by atoms with Gasteiger partial charge >= 0.3 is 0 Å². The molecule has 19 aliphatic carbocycles. The number of allylic oxidation sites excluding steroid dienone is 5. The smallest absolute Gasteiger partial charge is 0.155 e. The minimum absolute atomic E-state index is 0.138. The van der Waals surface area contributed by atoms with E-state index in [0.717, 1.165) is 167 Å². The Bertz CT molecular complexity index is 3490. The molecule has 19 rings (SSSR count). The van der Waals surface area contributed by atoms with Crippen LogP contribution in [0.25, 0.3) is 0 Å². The van der Waals surface area contributed by atoms with Crippen LogP contribution < -0.4 is 0 Å². The maximum atomic E-state index is 12.1. The van der Waals surface area contributed by atoms with Gasteiger partial charge in [-0.25, -0.2) is 0 Å². The Hall–Kier alpha value is -4.66. The van der Waals surface area contributed by atoms with Crippen molar-refractivity contribution in [3.05, 3.63) is 59.3 Å². The van der Waals surface area contributed by atoms with Crippen LogP contribution in [0.1, 0.15) is 261 Å². The normalized spacial score (nSPS) is 53.1. The van der Waals surface area contributed by atoms with Crippen molar-refractivity contribution < 1.29 is 19.2 Å². The highest BCUT2D eigenvalue weighted by Gasteiger charge is 2.72. The van der Waals surface area contributed by atoms with Gasteiger partial charge in [-0.3, -0.25) is 19.2 Å². The van der Waals surface area contributed by atoms with Crippen LogP contribution in [0.2, 0.25) is 0 Å². The summed E-state index contributed by atoms with van der Waals surface area (Å²) in [5.41, 5.74) is 8.19. The van der Waals surface area contributed by atoms with Gasteiger partial charge in [-0.05, 0) is 348 Å². The predicted molar refractivity (Wildman–Crippen MR) is 369 cm³/mol. The number of hydrogen-bond acceptors (Lipinski definition) is 8. The van der Waals surface area contributed by atoms with E-state index in [1.54, 1.807) is 5.57 Å². The molecule has 28 atom stereocenters. The zero-order valence-electron chi connectivity index (χ0n) is 59.6. The van der Waals surface area contributed by atoms with Gasteiger partial charge in [0.15, 0.2) is 23.1 Å². The van der Waals surface area contributed by atoms with E-state index in [0.29, 0.717) is 52.2 Å². The second kappa shape index (κ2) is 22.2. The predicted octanol–water partition coefficient (Wildman–Crippen LogP) is 19.7. The van der Waals surface area contributed by atoms with Crippen molar-refractivity contribution in [3.63, 3.8) is 0 Å². The number of carbonyl (C=O) groups excluding carboxylic acids is 4. The number of fused-ring (bicyclic) bond motifs is 27. The molecule has 0 unspecified atom stereocenters. The Balaban J connectivity index is 0.0000000999. The summed E-state index contributed by atoms with van der Waals surface area (Å²) in [4.78, 5) is 48.0. The van der Waals surface area contributed by atoms with Gasteiger partial charge in [0.05, 0.1) is 47.4 Å². The van der Waals surface area contributed by atoms with E-state index in [-0.39, 0.29) is 66.5 Å². The number of carbonyl (C=O) groups is 4. The van der Waals surface area contributed by atoms with Crippen LogP contribution in [-0.2, 0) is 19.2 Å². The van der Waals surface area contributed by atoms with Gasteiger partial charge in [0.1, 0.15) is 0 Å². The van der Waals surface area contributed by atoms with Gasteiger partial charge in [0, 0.05) is 25.7 Å². The van der Waals surface area contributed by atoms with Crippen molar-refractivity contribution in [1.82, 2.24) is 0 Å². The van der Waals surface area contributed by atoms with Gasteiger partial charge in [0.25, 0.3) is 0 Å². The summed E-state index contributed by atoms with van der Waals surface area (Å²) < 4.78 is 0. The van der Waals surface area contributed by atoms with E-state index in [1.807, 2.05) is 24.3 Å². The van der Waals surface area contributed by atoms with Crippen LogP contribution in [0.5, 0.6) is 0 Å². The van der Waals surface area contributed by atoms with Gasteiger partial charge < -0.3 is 0 Å². The molecule has 0 aromatic heterocycles. The van der Waals surface area contributed by atoms with Crippen molar-refractivity contribution in [2.75, 3.05) is 0 Å². The highest BCUT2D eigenvalue weighted by atomic mass is 16.1. The second-order valence-electron chi connectivity index (χ2n) is 38.9. The third kappa shape index (κ3) is 9.12. The van der Waals surface area contributed by atoms with Gasteiger partial charge in [-0.1, -0.05) is 83.8 Å². The summed E-state index contributed by atoms with van der Waals surface area (Å²) in [6.45, 7) is 23.5. The number of nitriles is 4. The summed E-state index contributed by atoms with van der Waals surface area (Å²) in [6.07, 6.45) is 46.4. The maximum Gasteiger partial charge on any atom is 0.155 e. The Kier molecular flexibility index (Phi) is 15.2. The molecule has 1 spiro atoms. The molecular formula is C87H114N4O4. The fourth-order valence-electron chi connectivity index (χ4n) is 30.6. The van der Waals surface area contributed by atoms with Crippen molar-refractivity contribution in [2.45, 2.75) is 261 Å². The van der Waals surface area contributed by atoms with Gasteiger partial charge in [0.2, 0.25) is 0 Å². The second-order valence-corrected chi connectivity index (χ2v) is 38.9. The lowest BCUT2D eigenvalue weighted by molar-refractivity contribution is -0.118. The summed E-state index contributed by atoms with van der Waals surface area (Å²) in [7, 11) is 0. The fraction of sp³-hybridized carbons (Fsp3) is 0.793. The molecule has 8 heteroatoms. The average Bonchev–Trinajstić information content (AvgIpc) is 1.58. The molecule has 506 valence electrons. The third-order valence-electron chi connectivity index (χ3n) is 36.1. The molecule has 8 nitrogen and oxygen atoms in total. The Labute approximate surface area is 571 Å². The summed E-state index contributed by atoms with van der Waals surface area (Å²) in [6, 6.07) is 10.7. The standard InChI is InChI=1S/C23H31NO.C22H29NO.2C21H27NO/c1-4-10-23(15-24)13-9-20-18-6-5-16-14-17(25)7-11-21(16,2)19(18)8-12-22(20,23)3;1-20-8-6-18-16(17(20)4-3-14(20)13-23)12-22(9-10-22)19-11-15(24)5-7-21(18,19)2;2*1-20-8-6-17-19(16(20)4-3-12(20)11-22)15-10-14(15)18-9-13(23)5-7-21(17,18)2/h4,14,18-20H,1,5-13H2,2-3H3;11,14,16-18H,3-10,12H2,1-2H3;2*9,12,14-17,19H,3-8,10H2,1-2H3/t18-,19+,20+,21+,22+,23-;14-,16+,17+,18+,20-,21-;12-,14+,15-,16+,17+,19+,20-,21-;12-,14-,15+,16+,17+,19+,20-,21-/m1111/s1. The molecule has 15 fully saturated rings. The molecule has 0 aromatic rings. The average molecular weight is 1280 g/mol. The Morgan fingerprint density at radius 2 is 0.863 bits per heavy atom. The first-order chi connectivity index (χ1) is 45.3. The molecule has 0 amide bonds. The Morgan fingerprint density at radius 3 is 1.37 bits per heavy atom. The van der Waals surface area contributed by atoms with E-state index in [4.69, 9.17) is 0 Å². The van der Waals surface area contributed by atoms with Crippen LogP contribution in [0.4, 0.5) is 0 Å². The fourth-order valence-corrected chi connectivity index (χ4v) is 30.6. The summed E-state index contributed by atoms with van der Waals surface area (Å²) in [5.74, 6) is 14.4. The quantitative estimate of drug-likeness (QED) is 0.247. The highest BCUT2D eigenvalue weighted by Crippen LogP contribution is 2.79. The zero-order valence-corrected chi connectivity index (χ0v) is 59.6. The number of ketones is 4. The van der Waals surface area contributed by atoms with Gasteiger partial charge in [-0.2, -0.15) is 21.0 Å². The number of rotatable bonds is 2. The first kappa shape index (κ1) is 65.0. The highest BCUT2D eigenvalue weighted by molar-refractivity contribution is 5.93. The molecule has 0 bridgehead atoms. The van der Waals surface area contributed by atoms with Crippen molar-refractivity contribution in [3.8, 4) is 24.3 Å². The number of nitrogens with zero attached hydrogens (tertiary/aromatic N) is 4. The van der Waals surface area contributed by atoms with Crippen LogP contribution >= 0.6 is 0 Å². The largest absolute Gasteiger partial charge is 0.295 e. The van der Waals surface area contributed by atoms with Crippen LogP contribution in [0.3, 0.4) is 0 Å². The minimum Gasteiger partial charge on any atom is -0.295 e. The maximum absolute atomic E-state index is 12.1. The molecule has 0 aliphatic heterocycles. The van der Waals surface area contributed by atoms with Crippen LogP contribution in [0.15, 0.2) is 59.3 Å². The van der Waals surface area contributed by atoms with Crippen molar-refractivity contribution in [1.29, 1.82) is 21.0 Å². The molecule has 0 aromatic carbocycles. The molecule has 95 heavy (non-hydrogen) atoms. The molecular weight excluding hydrogens is 1160 g/mol. The molecule has 15 saturated carbocycles. The van der Waals surface area contributed by atoms with E-state index in [9.17, 15) is 40.2 Å². The van der Waals surface area contributed by atoms with E-state index in [1.165, 1.54) is 126 Å². The SMILES string of the molecule is C=CC[C@]1(C#N)CC[C@H]2[C@@H]3CCC4=CC(=O)CC[C@]4(C)[C@H]3CC[C@@]21C.C[C@]12CC[C@H]3[C@@H](CC4(CC4)C4=CC(=O)CC[C@@]43C)[C@@H]1CC[C@@H]2C#N.C[C@]12CC[C@H]3[C@@H]([C@@H]4C[C@@H]4C4=CC(=O)CC[C@@]43C)[C@@H]1CC[C@@H]2C#N.C[C@]12CC[C@H]3[C@@H]([C@H]4C[C@H]4C4=CC(=O)CC[C@@]43C)[C@@H]1CC[C@@H]2C#N. The summed E-state index contributed by atoms with van der Waals surface area (Å²) in [5, 5.41) is 38.9. The first-order valence-electron chi connectivity index (χ1n) is 39.5. The van der Waals surface area contributed by atoms with Crippen LogP contribution in [-0.4, -0.2) is 23.1 Å². The summed E-state index contributed by atoms with van der Waals surface area (Å²) >= 11 is 0. The molecule has 0 saturated heterocycles. The van der Waals surface area contributed by atoms with Crippen LogP contribution in [0, 0.1) is 212 Å². The lowest BCUT2D eigenvalue weighted by Crippen LogP contribution is -2.53. The van der Waals surface area contributed by atoms with Gasteiger partial charge in [-0.15, -0.1) is 6.58 Å². The molecule has 0 N–H and O–H groups in total. The Morgan fingerprint density at radius 1 is 0.421 bits per heavy atom. The van der Waals surface area contributed by atoms with E-state index < -0.39 is 0 Å². The third-order valence-corrected chi connectivity index (χ3v) is 36.1. The number of hydrogen-bond donors (Lipinski definition) is 0. The lowest BCUT2D eigenvalue weighted by atomic mass is 9.44. The van der Waals surface area contributed by atoms with Crippen molar-refractivity contribution in [2.24, 2.45) is 167 Å². The molecule has 0 heterocycles. The monoisotopic (exact) mass is 1280 g/mol. The molecule has 0 radical (unpaired) electrons. The van der Waals surface area contributed by atoms with Crippen molar-refractivity contribution >= 4 is 23.1 Å². The van der Waals surface area contributed by atoms with E-state index in [2.05, 4.69) is 92.3 Å². The van der Waals surface area contributed by atoms with E-state index >= 15 is 0 Å².